The lowest BCUT2D eigenvalue weighted by Gasteiger charge is -2.22. The number of carbonyl (C=O) groups is 1. The number of rotatable bonds is 4. The van der Waals surface area contributed by atoms with Gasteiger partial charge in [0.2, 0.25) is 5.91 Å². The Bertz CT molecular complexity index is 453. The normalized spacial score (nSPS) is 19.9. The number of hydrogen-bond donors (Lipinski definition) is 4. The summed E-state index contributed by atoms with van der Waals surface area (Å²) < 4.78 is 0. The topological polar surface area (TPSA) is 87.4 Å². The van der Waals surface area contributed by atoms with Crippen LogP contribution >= 0.6 is 11.8 Å². The highest BCUT2D eigenvalue weighted by molar-refractivity contribution is 8.00. The molecule has 1 aromatic rings. The maximum Gasteiger partial charge on any atom is 0.237 e. The van der Waals surface area contributed by atoms with E-state index in [-0.39, 0.29) is 23.8 Å². The summed E-state index contributed by atoms with van der Waals surface area (Å²) in [5.41, 5.74) is 7.32. The van der Waals surface area contributed by atoms with Gasteiger partial charge in [0, 0.05) is 23.2 Å². The maximum absolute atomic E-state index is 11.6. The van der Waals surface area contributed by atoms with Crippen LogP contribution in [0.4, 0.5) is 11.4 Å². The summed E-state index contributed by atoms with van der Waals surface area (Å²) in [6, 6.07) is 5.52. The molecule has 1 aliphatic heterocycles. The van der Waals surface area contributed by atoms with Crippen LogP contribution < -0.4 is 16.4 Å². The minimum absolute atomic E-state index is 0.0247. The van der Waals surface area contributed by atoms with Crippen LogP contribution in [0.5, 0.6) is 0 Å². The summed E-state index contributed by atoms with van der Waals surface area (Å²) in [6.45, 7) is 2.32. The molecule has 5 N–H and O–H groups in total. The van der Waals surface area contributed by atoms with Crippen LogP contribution in [-0.4, -0.2) is 35.5 Å². The van der Waals surface area contributed by atoms with E-state index in [1.807, 2.05) is 25.1 Å². The fraction of sp³-hybridized carbons (Fsp3) is 0.417. The smallest absolute Gasteiger partial charge is 0.237 e. The lowest BCUT2D eigenvalue weighted by atomic mass is 10.2. The van der Waals surface area contributed by atoms with E-state index < -0.39 is 0 Å². The molecule has 0 aromatic heterocycles. The Kier molecular flexibility index (Phi) is 4.11. The van der Waals surface area contributed by atoms with Crippen LogP contribution in [0.3, 0.4) is 0 Å². The molecule has 0 saturated carbocycles. The van der Waals surface area contributed by atoms with Gasteiger partial charge in [-0.25, -0.2) is 0 Å². The predicted molar refractivity (Wildman–Crippen MR) is 73.9 cm³/mol. The van der Waals surface area contributed by atoms with Gasteiger partial charge < -0.3 is 21.5 Å². The summed E-state index contributed by atoms with van der Waals surface area (Å²) in [5, 5.41) is 14.8. The van der Waals surface area contributed by atoms with Gasteiger partial charge in [0.15, 0.2) is 0 Å². The Balaban J connectivity index is 2.08. The molecule has 0 radical (unpaired) electrons. The third-order valence-electron chi connectivity index (χ3n) is 2.71. The quantitative estimate of drug-likeness (QED) is 0.649. The van der Waals surface area contributed by atoms with Crippen LogP contribution in [-0.2, 0) is 4.79 Å². The number of fused-ring (bicyclic) bond motifs is 1. The van der Waals surface area contributed by atoms with Crippen LogP contribution in [0.15, 0.2) is 23.1 Å². The first-order valence-electron chi connectivity index (χ1n) is 5.82. The highest BCUT2D eigenvalue weighted by Gasteiger charge is 2.22. The van der Waals surface area contributed by atoms with Crippen LogP contribution in [0.25, 0.3) is 0 Å². The van der Waals surface area contributed by atoms with Gasteiger partial charge in [-0.05, 0) is 25.1 Å². The number of amides is 1. The van der Waals surface area contributed by atoms with Gasteiger partial charge in [0.1, 0.15) is 0 Å². The Labute approximate surface area is 110 Å². The summed E-state index contributed by atoms with van der Waals surface area (Å²) in [4.78, 5) is 12.6. The zero-order valence-electron chi connectivity index (χ0n) is 10.1. The number of aliphatic hydroxyl groups is 1. The molecular formula is C12H17N3O2S. The molecule has 1 heterocycles. The van der Waals surface area contributed by atoms with Crippen molar-refractivity contribution >= 4 is 29.0 Å². The molecule has 0 spiro atoms. The van der Waals surface area contributed by atoms with Crippen molar-refractivity contribution in [2.24, 2.45) is 5.73 Å². The van der Waals surface area contributed by atoms with Gasteiger partial charge in [-0.1, -0.05) is 0 Å². The van der Waals surface area contributed by atoms with E-state index in [2.05, 4.69) is 10.6 Å². The first kappa shape index (κ1) is 13.2. The van der Waals surface area contributed by atoms with E-state index in [1.54, 1.807) is 11.8 Å². The lowest BCUT2D eigenvalue weighted by molar-refractivity contribution is -0.115. The molecule has 0 saturated heterocycles. The predicted octanol–water partition coefficient (Wildman–Crippen LogP) is 0.851. The molecule has 2 rings (SSSR count). The molecular weight excluding hydrogens is 250 g/mol. The van der Waals surface area contributed by atoms with E-state index in [9.17, 15) is 4.79 Å². The second-order valence-electron chi connectivity index (χ2n) is 4.28. The lowest BCUT2D eigenvalue weighted by Crippen LogP contribution is -2.32. The molecule has 5 nitrogen and oxygen atoms in total. The average Bonchev–Trinajstić information content (AvgIpc) is 2.37. The molecule has 0 fully saturated rings. The summed E-state index contributed by atoms with van der Waals surface area (Å²) in [6.07, 6.45) is 0. The van der Waals surface area contributed by atoms with Crippen molar-refractivity contribution in [2.45, 2.75) is 23.1 Å². The number of benzene rings is 1. The maximum atomic E-state index is 11.6. The van der Waals surface area contributed by atoms with E-state index in [0.717, 1.165) is 16.3 Å². The standard InChI is InChI=1S/C12H17N3O2S/c1-7-12(17)15-10-4-9(2-3-11(10)18-7)14-5-8(13)6-16/h2-4,7-8,14,16H,5-6,13H2,1H3,(H,15,17). The second kappa shape index (κ2) is 5.60. The second-order valence-corrected chi connectivity index (χ2v) is 5.67. The monoisotopic (exact) mass is 267 g/mol. The van der Waals surface area contributed by atoms with E-state index in [4.69, 9.17) is 10.8 Å². The number of hydrogen-bond acceptors (Lipinski definition) is 5. The fourth-order valence-corrected chi connectivity index (χ4v) is 2.56. The van der Waals surface area contributed by atoms with Crippen molar-refractivity contribution in [3.63, 3.8) is 0 Å². The van der Waals surface area contributed by atoms with Crippen molar-refractivity contribution in [3.8, 4) is 0 Å². The van der Waals surface area contributed by atoms with Crippen LogP contribution in [0.2, 0.25) is 0 Å². The Morgan fingerprint density at radius 1 is 1.61 bits per heavy atom. The van der Waals surface area contributed by atoms with Gasteiger partial charge >= 0.3 is 0 Å². The Morgan fingerprint density at radius 2 is 2.39 bits per heavy atom. The van der Waals surface area contributed by atoms with Crippen LogP contribution in [0.1, 0.15) is 6.92 Å². The van der Waals surface area contributed by atoms with Crippen LogP contribution in [0, 0.1) is 0 Å². The Hall–Kier alpha value is -1.24. The van der Waals surface area contributed by atoms with Crippen molar-refractivity contribution in [2.75, 3.05) is 23.8 Å². The molecule has 1 amide bonds. The number of carbonyl (C=O) groups excluding carboxylic acids is 1. The molecule has 98 valence electrons. The average molecular weight is 267 g/mol. The Morgan fingerprint density at radius 3 is 3.11 bits per heavy atom. The minimum atomic E-state index is -0.287. The summed E-state index contributed by atoms with van der Waals surface area (Å²) >= 11 is 1.55. The van der Waals surface area contributed by atoms with E-state index in [0.29, 0.717) is 6.54 Å². The molecule has 0 aliphatic carbocycles. The van der Waals surface area contributed by atoms with Crippen molar-refractivity contribution in [1.82, 2.24) is 0 Å². The largest absolute Gasteiger partial charge is 0.395 e. The number of anilines is 2. The number of nitrogens with one attached hydrogen (secondary N) is 2. The van der Waals surface area contributed by atoms with Crippen molar-refractivity contribution in [3.05, 3.63) is 18.2 Å². The molecule has 6 heteroatoms. The van der Waals surface area contributed by atoms with E-state index >= 15 is 0 Å². The van der Waals surface area contributed by atoms with Gasteiger partial charge in [0.05, 0.1) is 17.5 Å². The number of nitrogens with two attached hydrogens (primary N) is 1. The summed E-state index contributed by atoms with van der Waals surface area (Å²) in [5.74, 6) is 0.0247. The molecule has 18 heavy (non-hydrogen) atoms. The molecule has 2 atom stereocenters. The molecule has 1 aromatic carbocycles. The van der Waals surface area contributed by atoms with E-state index in [1.165, 1.54) is 0 Å². The van der Waals surface area contributed by atoms with Crippen molar-refractivity contribution in [1.29, 1.82) is 0 Å². The SMILES string of the molecule is CC1Sc2ccc(NCC(N)CO)cc2NC1=O. The van der Waals surface area contributed by atoms with Gasteiger partial charge in [-0.15, -0.1) is 11.8 Å². The zero-order valence-corrected chi connectivity index (χ0v) is 11.0. The number of aliphatic hydroxyl groups excluding tert-OH is 1. The van der Waals surface area contributed by atoms with Crippen molar-refractivity contribution < 1.29 is 9.90 Å². The summed E-state index contributed by atoms with van der Waals surface area (Å²) in [7, 11) is 0. The zero-order chi connectivity index (χ0) is 13.1. The minimum Gasteiger partial charge on any atom is -0.395 e. The fourth-order valence-electron chi connectivity index (χ4n) is 1.63. The first-order valence-corrected chi connectivity index (χ1v) is 6.70. The third kappa shape index (κ3) is 2.95. The highest BCUT2D eigenvalue weighted by atomic mass is 32.2. The highest BCUT2D eigenvalue weighted by Crippen LogP contribution is 2.36. The number of thioether (sulfide) groups is 1. The molecule has 2 unspecified atom stereocenters. The van der Waals surface area contributed by atoms with Gasteiger partial charge in [-0.2, -0.15) is 0 Å². The van der Waals surface area contributed by atoms with Gasteiger partial charge in [-0.3, -0.25) is 4.79 Å². The van der Waals surface area contributed by atoms with Gasteiger partial charge in [0.25, 0.3) is 0 Å². The molecule has 0 bridgehead atoms. The first-order chi connectivity index (χ1) is 8.60. The molecule has 1 aliphatic rings. The third-order valence-corrected chi connectivity index (χ3v) is 3.89.